The van der Waals surface area contributed by atoms with Crippen LogP contribution in [0.4, 0.5) is 5.13 Å². The summed E-state index contributed by atoms with van der Waals surface area (Å²) in [5, 5.41) is 61.6. The Balaban J connectivity index is 1.13. The van der Waals surface area contributed by atoms with Gasteiger partial charge in [0.05, 0.1) is 31.1 Å². The van der Waals surface area contributed by atoms with Crippen LogP contribution in [0.3, 0.4) is 0 Å². The molecule has 3 saturated heterocycles. The molecular weight excluding hydrogens is 816 g/mol. The molecule has 0 aliphatic carbocycles. The SMILES string of the molecule is CO/N=C(/C(=O)NCC12CC[N+](CC3=C(C(=O)O)N4C(=O)[C@@H](NC(=O)/C(=N\O[C@@H](CC(=O)O)C(=O)O)c5csc(N)n5)[C@H]4SC3)(CC1)C2)c1ccc(O)c(O)c1Cl. The number of phenols is 2. The van der Waals surface area contributed by atoms with E-state index in [1.54, 1.807) is 0 Å². The van der Waals surface area contributed by atoms with Crippen LogP contribution < -0.4 is 16.4 Å². The van der Waals surface area contributed by atoms with Gasteiger partial charge in [-0.25, -0.2) is 14.6 Å². The number of carboxylic acid groups (broad SMARTS) is 3. The molecule has 2 aromatic rings. The number of carbonyl (C=O) groups is 6. The van der Waals surface area contributed by atoms with E-state index in [0.717, 1.165) is 29.1 Å². The molecule has 3 fully saturated rings. The van der Waals surface area contributed by atoms with Crippen molar-refractivity contribution in [2.45, 2.75) is 36.8 Å². The first-order chi connectivity index (χ1) is 27.0. The lowest BCUT2D eigenvalue weighted by Gasteiger charge is -2.50. The number of β-lactam (4-membered cyclic amide) rings is 1. The number of phenolic OH excluding ortho intramolecular Hbond substituents is 2. The molecule has 5 heterocycles. The fraction of sp³-hybridized carbons (Fsp3) is 0.424. The lowest BCUT2D eigenvalue weighted by Crippen LogP contribution is -2.71. The van der Waals surface area contributed by atoms with E-state index in [1.807, 2.05) is 0 Å². The van der Waals surface area contributed by atoms with Crippen LogP contribution in [0.1, 0.15) is 30.5 Å². The molecule has 0 saturated carbocycles. The Kier molecular flexibility index (Phi) is 11.6. The van der Waals surface area contributed by atoms with E-state index in [0.29, 0.717) is 36.2 Å². The van der Waals surface area contributed by atoms with Crippen molar-refractivity contribution < 1.29 is 68.5 Å². The number of nitrogens with one attached hydrogen (secondary N) is 2. The number of benzene rings is 1. The molecule has 0 unspecified atom stereocenters. The molecule has 4 aliphatic rings. The van der Waals surface area contributed by atoms with Crippen molar-refractivity contribution in [2.75, 3.05) is 51.3 Å². The summed E-state index contributed by atoms with van der Waals surface area (Å²) in [6.45, 7) is 2.57. The molecule has 57 heavy (non-hydrogen) atoms. The highest BCUT2D eigenvalue weighted by Crippen LogP contribution is 2.48. The number of rotatable bonds is 16. The first-order valence-corrected chi connectivity index (χ1v) is 19.4. The number of oxime groups is 2. The number of nitrogen functional groups attached to an aromatic ring is 1. The summed E-state index contributed by atoms with van der Waals surface area (Å²) in [5.74, 6) is -7.69. The Morgan fingerprint density at radius 1 is 1.12 bits per heavy atom. The highest BCUT2D eigenvalue weighted by atomic mass is 35.5. The second-order valence-corrected chi connectivity index (χ2v) is 16.2. The minimum atomic E-state index is -1.95. The molecule has 304 valence electrons. The summed E-state index contributed by atoms with van der Waals surface area (Å²) in [6, 6.07) is 1.28. The molecule has 6 rings (SSSR count). The standard InChI is InChI=1S/C33H35ClN8O13S2/c1-54-39-21(15-2-3-17(43)25(46)20(15)34)26(47)36-12-33-4-6-42(13-33,7-5-33)9-14-10-56-29-23(28(49)41(29)24(14)31(52)53)38-27(48)22(16-11-57-32(35)37-16)40-55-18(30(50)51)8-19(44)45/h2-3,11,18,23,29H,4-10,12-13H2,1H3,(H8-,35,36,37,38,39,40,43,44,45,46,47,48,50,51,52,53)/p+1/t18-,23+,29+,33?,42?/m0/s1. The molecular formula is C33H36ClN8O13S2+. The summed E-state index contributed by atoms with van der Waals surface area (Å²) in [5.41, 5.74) is 4.85. The van der Waals surface area contributed by atoms with Gasteiger partial charge in [0.2, 0.25) is 6.10 Å². The number of nitrogens with zero attached hydrogens (tertiary/aromatic N) is 5. The van der Waals surface area contributed by atoms with Crippen LogP contribution in [0, 0.1) is 5.41 Å². The second kappa shape index (κ2) is 16.1. The fourth-order valence-corrected chi connectivity index (χ4v) is 9.65. The van der Waals surface area contributed by atoms with E-state index >= 15 is 0 Å². The number of thioether (sulfide) groups is 1. The molecule has 3 atom stereocenters. The van der Waals surface area contributed by atoms with Crippen LogP contribution in [0.25, 0.3) is 0 Å². The minimum absolute atomic E-state index is 0.0243. The molecule has 21 nitrogen and oxygen atoms in total. The van der Waals surface area contributed by atoms with Gasteiger partial charge >= 0.3 is 17.9 Å². The number of nitrogens with two attached hydrogens (primary N) is 1. The smallest absolute Gasteiger partial charge is 0.352 e. The number of aliphatic carboxylic acids is 3. The van der Waals surface area contributed by atoms with Gasteiger partial charge in [-0.2, -0.15) is 0 Å². The highest BCUT2D eigenvalue weighted by molar-refractivity contribution is 8.00. The fourth-order valence-electron chi connectivity index (χ4n) is 7.52. The number of aromatic nitrogens is 1. The summed E-state index contributed by atoms with van der Waals surface area (Å²) in [4.78, 5) is 90.5. The maximum Gasteiger partial charge on any atom is 0.352 e. The van der Waals surface area contributed by atoms with E-state index in [4.69, 9.17) is 32.1 Å². The van der Waals surface area contributed by atoms with Crippen molar-refractivity contribution in [2.24, 2.45) is 15.7 Å². The minimum Gasteiger partial charge on any atom is -0.504 e. The zero-order chi connectivity index (χ0) is 41.4. The van der Waals surface area contributed by atoms with Crippen LogP contribution in [0.5, 0.6) is 11.5 Å². The van der Waals surface area contributed by atoms with Crippen LogP contribution in [0.15, 0.2) is 39.1 Å². The molecule has 0 radical (unpaired) electrons. The van der Waals surface area contributed by atoms with Crippen LogP contribution in [-0.2, 0) is 38.4 Å². The summed E-state index contributed by atoms with van der Waals surface area (Å²) < 4.78 is 0.530. The van der Waals surface area contributed by atoms with Gasteiger partial charge in [-0.1, -0.05) is 21.9 Å². The number of quaternary nitrogens is 1. The van der Waals surface area contributed by atoms with E-state index < -0.39 is 76.8 Å². The van der Waals surface area contributed by atoms with Crippen LogP contribution >= 0.6 is 34.7 Å². The zero-order valence-corrected chi connectivity index (χ0v) is 32.2. The number of anilines is 1. The first kappa shape index (κ1) is 41.0. The van der Waals surface area contributed by atoms with Gasteiger partial charge in [-0.05, 0) is 12.1 Å². The number of halogens is 1. The Morgan fingerprint density at radius 3 is 2.46 bits per heavy atom. The summed E-state index contributed by atoms with van der Waals surface area (Å²) in [7, 11) is 1.24. The summed E-state index contributed by atoms with van der Waals surface area (Å²) in [6.07, 6.45) is -1.49. The predicted molar refractivity (Wildman–Crippen MR) is 200 cm³/mol. The van der Waals surface area contributed by atoms with Crippen molar-refractivity contribution in [3.63, 3.8) is 0 Å². The van der Waals surface area contributed by atoms with E-state index in [2.05, 4.69) is 25.9 Å². The lowest BCUT2D eigenvalue weighted by molar-refractivity contribution is -0.904. The normalized spacial score (nSPS) is 24.7. The van der Waals surface area contributed by atoms with Crippen molar-refractivity contribution >= 4 is 86.9 Å². The highest BCUT2D eigenvalue weighted by Gasteiger charge is 2.58. The third-order valence-electron chi connectivity index (χ3n) is 10.2. The van der Waals surface area contributed by atoms with Gasteiger partial charge < -0.3 is 56.1 Å². The van der Waals surface area contributed by atoms with E-state index in [-0.39, 0.29) is 50.5 Å². The number of aromatic hydroxyl groups is 2. The van der Waals surface area contributed by atoms with E-state index in [1.165, 1.54) is 36.4 Å². The molecule has 1 aromatic heterocycles. The summed E-state index contributed by atoms with van der Waals surface area (Å²) >= 11 is 8.36. The molecule has 9 N–H and O–H groups in total. The Hall–Kier alpha value is -5.65. The van der Waals surface area contributed by atoms with Gasteiger partial charge in [-0.3, -0.25) is 24.1 Å². The number of thiazole rings is 1. The second-order valence-electron chi connectivity index (χ2n) is 13.9. The number of amides is 3. The monoisotopic (exact) mass is 851 g/mol. The number of hydrogen-bond acceptors (Lipinski definition) is 16. The number of piperidine rings is 1. The molecule has 3 amide bonds. The number of carbonyl (C=O) groups excluding carboxylic acids is 3. The zero-order valence-electron chi connectivity index (χ0n) is 29.8. The number of carboxylic acids is 3. The Morgan fingerprint density at radius 2 is 1.84 bits per heavy atom. The third-order valence-corrected chi connectivity index (χ3v) is 12.6. The van der Waals surface area contributed by atoms with Crippen molar-refractivity contribution in [3.05, 3.63) is 45.1 Å². The maximum atomic E-state index is 13.5. The largest absolute Gasteiger partial charge is 0.504 e. The Bertz CT molecular complexity index is 2130. The van der Waals surface area contributed by atoms with Gasteiger partial charge in [0, 0.05) is 47.1 Å². The first-order valence-electron chi connectivity index (χ1n) is 17.0. The Labute approximate surface area is 335 Å². The van der Waals surface area contributed by atoms with Gasteiger partial charge in [0.15, 0.2) is 28.1 Å². The average molecular weight is 852 g/mol. The quantitative estimate of drug-likeness (QED) is 0.0361. The number of fused-ring (bicyclic) bond motifs is 3. The van der Waals surface area contributed by atoms with Gasteiger partial charge in [-0.15, -0.1) is 23.1 Å². The van der Waals surface area contributed by atoms with Crippen molar-refractivity contribution in [3.8, 4) is 11.5 Å². The maximum absolute atomic E-state index is 13.5. The molecule has 2 bridgehead atoms. The lowest BCUT2D eigenvalue weighted by atomic mass is 9.84. The van der Waals surface area contributed by atoms with Gasteiger partial charge in [0.1, 0.15) is 36.5 Å². The van der Waals surface area contributed by atoms with Crippen molar-refractivity contribution in [1.29, 1.82) is 0 Å². The van der Waals surface area contributed by atoms with Crippen molar-refractivity contribution in [1.82, 2.24) is 20.5 Å². The van der Waals surface area contributed by atoms with Crippen LogP contribution in [-0.4, -0.2) is 150 Å². The molecule has 4 aliphatic heterocycles. The average Bonchev–Trinajstić information content (AvgIpc) is 3.87. The topological polar surface area (TPSA) is 313 Å². The molecule has 24 heteroatoms. The van der Waals surface area contributed by atoms with E-state index in [9.17, 15) is 49.2 Å². The van der Waals surface area contributed by atoms with Crippen LogP contribution in [0.2, 0.25) is 5.02 Å². The third kappa shape index (κ3) is 8.13. The van der Waals surface area contributed by atoms with Gasteiger partial charge in [0.25, 0.3) is 17.7 Å². The number of hydrogen-bond donors (Lipinski definition) is 8. The molecule has 0 spiro atoms. The predicted octanol–water partition coefficient (Wildman–Crippen LogP) is -0.0454. The molecule has 1 aromatic carbocycles.